The monoisotopic (exact) mass is 382 g/mol. The number of nitrogens with one attached hydrogen (secondary N) is 2. The zero-order chi connectivity index (χ0) is 20.7. The molecule has 1 amide bonds. The van der Waals surface area contributed by atoms with E-state index in [-0.39, 0.29) is 11.8 Å². The van der Waals surface area contributed by atoms with Crippen molar-refractivity contribution < 1.29 is 14.0 Å². The minimum atomic E-state index is 0.0421. The molecule has 2 N–H and O–H groups in total. The number of carbonyl (C=O) groups is 1. The number of anilines is 1. The molecule has 150 valence electrons. The molecule has 0 aliphatic carbocycles. The molecule has 0 fully saturated rings. The summed E-state index contributed by atoms with van der Waals surface area (Å²) in [5.74, 6) is 0.874. The van der Waals surface area contributed by atoms with Crippen LogP contribution < -0.4 is 10.1 Å². The van der Waals surface area contributed by atoms with E-state index in [0.717, 1.165) is 42.0 Å². The molecule has 0 aromatic heterocycles. The maximum absolute atomic E-state index is 12.8. The van der Waals surface area contributed by atoms with Gasteiger partial charge in [0.1, 0.15) is 12.3 Å². The summed E-state index contributed by atoms with van der Waals surface area (Å²) in [7, 11) is 0. The Balaban J connectivity index is 2.12. The van der Waals surface area contributed by atoms with Crippen LogP contribution >= 0.6 is 0 Å². The quantitative estimate of drug-likeness (QED) is 0.396. The van der Waals surface area contributed by atoms with E-state index in [9.17, 15) is 4.79 Å². The molecule has 0 heterocycles. The van der Waals surface area contributed by atoms with Crippen molar-refractivity contribution >= 4 is 17.5 Å². The number of quaternary nitrogens is 1. The molecule has 0 unspecified atom stereocenters. The molecule has 0 spiro atoms. The SMILES string of the molecule is CC[N+](CC)(CC(=O)Nc1c(C)cccc1C)Cc1ccc(OC(C)=N)cc1. The summed E-state index contributed by atoms with van der Waals surface area (Å²) in [5, 5.41) is 10.5. The largest absolute Gasteiger partial charge is 0.444 e. The highest BCUT2D eigenvalue weighted by molar-refractivity contribution is 5.93. The van der Waals surface area contributed by atoms with Crippen molar-refractivity contribution in [2.45, 2.75) is 41.2 Å². The van der Waals surface area contributed by atoms with Gasteiger partial charge >= 0.3 is 0 Å². The number of aryl methyl sites for hydroxylation is 2. The number of ether oxygens (including phenoxy) is 1. The highest BCUT2D eigenvalue weighted by Gasteiger charge is 2.28. The Morgan fingerprint density at radius 2 is 1.61 bits per heavy atom. The molecule has 2 aromatic rings. The average molecular weight is 383 g/mol. The zero-order valence-electron chi connectivity index (χ0n) is 17.6. The molecule has 0 atom stereocenters. The second kappa shape index (κ2) is 9.51. The van der Waals surface area contributed by atoms with E-state index < -0.39 is 0 Å². The van der Waals surface area contributed by atoms with Crippen LogP contribution in [-0.4, -0.2) is 35.9 Å². The minimum Gasteiger partial charge on any atom is -0.444 e. The first kappa shape index (κ1) is 21.6. The summed E-state index contributed by atoms with van der Waals surface area (Å²) >= 11 is 0. The van der Waals surface area contributed by atoms with Crippen molar-refractivity contribution in [3.63, 3.8) is 0 Å². The van der Waals surface area contributed by atoms with Crippen molar-refractivity contribution in [1.29, 1.82) is 5.41 Å². The normalized spacial score (nSPS) is 11.2. The fourth-order valence-corrected chi connectivity index (χ4v) is 3.45. The summed E-state index contributed by atoms with van der Waals surface area (Å²) in [6.45, 7) is 12.9. The Morgan fingerprint density at radius 1 is 1.04 bits per heavy atom. The standard InChI is InChI=1S/C23H31N3O2/c1-6-26(7-2,15-20-11-13-21(14-12-20)28-19(5)24)16-22(27)25-23-17(3)9-8-10-18(23)4/h8-14,24H,6-7,15-16H2,1-5H3/p+1. The molecular formula is C23H32N3O2+. The van der Waals surface area contributed by atoms with Gasteiger partial charge in [0.2, 0.25) is 0 Å². The van der Waals surface area contributed by atoms with Gasteiger partial charge in [-0.05, 0) is 63.1 Å². The lowest BCUT2D eigenvalue weighted by atomic mass is 10.1. The van der Waals surface area contributed by atoms with Crippen LogP contribution in [-0.2, 0) is 11.3 Å². The number of para-hydroxylation sites is 1. The van der Waals surface area contributed by atoms with Crippen LogP contribution in [0.25, 0.3) is 0 Å². The summed E-state index contributed by atoms with van der Waals surface area (Å²) in [5.41, 5.74) is 4.23. The fourth-order valence-electron chi connectivity index (χ4n) is 3.45. The summed E-state index contributed by atoms with van der Waals surface area (Å²) in [6, 6.07) is 13.8. The highest BCUT2D eigenvalue weighted by atomic mass is 16.5. The summed E-state index contributed by atoms with van der Waals surface area (Å²) < 4.78 is 6.00. The van der Waals surface area contributed by atoms with Gasteiger partial charge in [-0.1, -0.05) is 18.2 Å². The van der Waals surface area contributed by atoms with E-state index in [1.807, 2.05) is 56.3 Å². The van der Waals surface area contributed by atoms with Crippen molar-refractivity contribution in [1.82, 2.24) is 0 Å². The predicted octanol–water partition coefficient (Wildman–Crippen LogP) is 4.67. The molecule has 0 aliphatic rings. The molecule has 0 saturated heterocycles. The van der Waals surface area contributed by atoms with Crippen LogP contribution in [0.1, 0.15) is 37.5 Å². The van der Waals surface area contributed by atoms with E-state index in [1.165, 1.54) is 0 Å². The Bertz CT molecular complexity index is 804. The van der Waals surface area contributed by atoms with Crippen molar-refractivity contribution in [3.8, 4) is 5.75 Å². The van der Waals surface area contributed by atoms with Gasteiger partial charge in [-0.15, -0.1) is 0 Å². The lowest BCUT2D eigenvalue weighted by Crippen LogP contribution is -2.51. The molecule has 0 radical (unpaired) electrons. The molecule has 2 rings (SSSR count). The molecular weight excluding hydrogens is 350 g/mol. The summed E-state index contributed by atoms with van der Waals surface area (Å²) in [6.07, 6.45) is 0. The smallest absolute Gasteiger partial charge is 0.279 e. The van der Waals surface area contributed by atoms with Crippen LogP contribution in [0.4, 0.5) is 5.69 Å². The number of hydrogen-bond donors (Lipinski definition) is 2. The lowest BCUT2D eigenvalue weighted by Gasteiger charge is -2.36. The Labute approximate surface area is 168 Å². The third-order valence-electron chi connectivity index (χ3n) is 5.28. The first-order valence-corrected chi connectivity index (χ1v) is 9.81. The molecule has 0 bridgehead atoms. The Morgan fingerprint density at radius 3 is 2.11 bits per heavy atom. The summed E-state index contributed by atoms with van der Waals surface area (Å²) in [4.78, 5) is 12.8. The van der Waals surface area contributed by atoms with Gasteiger partial charge in [-0.2, -0.15) is 0 Å². The minimum absolute atomic E-state index is 0.0421. The maximum Gasteiger partial charge on any atom is 0.279 e. The van der Waals surface area contributed by atoms with Gasteiger partial charge < -0.3 is 14.5 Å². The molecule has 5 nitrogen and oxygen atoms in total. The number of amides is 1. The van der Waals surface area contributed by atoms with Gasteiger partial charge in [0.05, 0.1) is 13.1 Å². The molecule has 5 heteroatoms. The number of carbonyl (C=O) groups excluding carboxylic acids is 1. The van der Waals surface area contributed by atoms with E-state index >= 15 is 0 Å². The van der Waals surface area contributed by atoms with E-state index in [0.29, 0.717) is 16.8 Å². The third kappa shape index (κ3) is 5.67. The average Bonchev–Trinajstić information content (AvgIpc) is 2.65. The van der Waals surface area contributed by atoms with E-state index in [1.54, 1.807) is 6.92 Å². The van der Waals surface area contributed by atoms with Crippen LogP contribution in [0, 0.1) is 19.3 Å². The van der Waals surface area contributed by atoms with Crippen LogP contribution in [0.3, 0.4) is 0 Å². The molecule has 28 heavy (non-hydrogen) atoms. The second-order valence-corrected chi connectivity index (χ2v) is 7.41. The Kier molecular flexibility index (Phi) is 7.35. The molecule has 2 aromatic carbocycles. The van der Waals surface area contributed by atoms with Gasteiger partial charge in [-0.25, -0.2) is 0 Å². The number of benzene rings is 2. The van der Waals surface area contributed by atoms with Gasteiger partial charge in [0, 0.05) is 18.2 Å². The van der Waals surface area contributed by atoms with Crippen molar-refractivity contribution in [3.05, 3.63) is 59.2 Å². The van der Waals surface area contributed by atoms with Crippen molar-refractivity contribution in [2.75, 3.05) is 25.0 Å². The van der Waals surface area contributed by atoms with Crippen LogP contribution in [0.2, 0.25) is 0 Å². The van der Waals surface area contributed by atoms with Gasteiger partial charge in [0.25, 0.3) is 5.91 Å². The van der Waals surface area contributed by atoms with E-state index in [4.69, 9.17) is 10.1 Å². The topological polar surface area (TPSA) is 62.2 Å². The Hall–Kier alpha value is -2.66. The second-order valence-electron chi connectivity index (χ2n) is 7.41. The first-order chi connectivity index (χ1) is 13.3. The number of rotatable bonds is 8. The number of hydrogen-bond acceptors (Lipinski definition) is 3. The van der Waals surface area contributed by atoms with Crippen LogP contribution in [0.5, 0.6) is 5.75 Å². The van der Waals surface area contributed by atoms with Gasteiger partial charge in [0.15, 0.2) is 12.4 Å². The number of nitrogens with zero attached hydrogens (tertiary/aromatic N) is 1. The highest BCUT2D eigenvalue weighted by Crippen LogP contribution is 2.21. The maximum atomic E-state index is 12.8. The third-order valence-corrected chi connectivity index (χ3v) is 5.28. The fraction of sp³-hybridized carbons (Fsp3) is 0.391. The van der Waals surface area contributed by atoms with Crippen molar-refractivity contribution in [2.24, 2.45) is 0 Å². The zero-order valence-corrected chi connectivity index (χ0v) is 17.6. The first-order valence-electron chi connectivity index (χ1n) is 9.81. The predicted molar refractivity (Wildman–Crippen MR) is 115 cm³/mol. The van der Waals surface area contributed by atoms with Crippen LogP contribution in [0.15, 0.2) is 42.5 Å². The lowest BCUT2D eigenvalue weighted by molar-refractivity contribution is -0.930. The molecule has 0 aliphatic heterocycles. The van der Waals surface area contributed by atoms with E-state index in [2.05, 4.69) is 19.2 Å². The number of likely N-dealkylation sites (N-methyl/N-ethyl adjacent to an activating group) is 1. The van der Waals surface area contributed by atoms with Gasteiger partial charge in [-0.3, -0.25) is 10.2 Å². The molecule has 0 saturated carbocycles.